The van der Waals surface area contributed by atoms with E-state index < -0.39 is 5.54 Å². The van der Waals surface area contributed by atoms with E-state index in [-0.39, 0.29) is 5.91 Å². The summed E-state index contributed by atoms with van der Waals surface area (Å²) in [6, 6.07) is 5.62. The maximum Gasteiger partial charge on any atom is 0.225 e. The molecule has 0 bridgehead atoms. The van der Waals surface area contributed by atoms with Crippen molar-refractivity contribution in [1.29, 1.82) is 0 Å². The fourth-order valence-corrected chi connectivity index (χ4v) is 3.35. The van der Waals surface area contributed by atoms with E-state index in [0.717, 1.165) is 22.0 Å². The van der Waals surface area contributed by atoms with Gasteiger partial charge in [-0.15, -0.1) is 11.3 Å². The number of hydrogen-bond acceptors (Lipinski definition) is 5. The molecule has 0 fully saturated rings. The highest BCUT2D eigenvalue weighted by atomic mass is 32.1. The van der Waals surface area contributed by atoms with Crippen LogP contribution >= 0.6 is 11.3 Å². The lowest BCUT2D eigenvalue weighted by Gasteiger charge is -2.24. The third-order valence-corrected chi connectivity index (χ3v) is 4.86. The van der Waals surface area contributed by atoms with Gasteiger partial charge in [0.25, 0.3) is 0 Å². The van der Waals surface area contributed by atoms with Crippen LogP contribution in [0.3, 0.4) is 0 Å². The molecule has 3 rings (SSSR count). The van der Waals surface area contributed by atoms with Gasteiger partial charge in [-0.05, 0) is 38.5 Å². The van der Waals surface area contributed by atoms with Gasteiger partial charge < -0.3 is 14.8 Å². The summed E-state index contributed by atoms with van der Waals surface area (Å²) in [7, 11) is 0. The van der Waals surface area contributed by atoms with Gasteiger partial charge in [-0.2, -0.15) is 0 Å². The van der Waals surface area contributed by atoms with Crippen LogP contribution < -0.4 is 14.8 Å². The molecule has 0 saturated carbocycles. The molecular formula is C17H20N2O3S. The second kappa shape index (κ2) is 6.20. The molecule has 1 N–H and O–H groups in total. The first-order valence-electron chi connectivity index (χ1n) is 7.56. The van der Waals surface area contributed by atoms with Crippen molar-refractivity contribution in [2.45, 2.75) is 32.7 Å². The maximum absolute atomic E-state index is 12.4. The standard InChI is InChI=1S/C17H20N2O3S/c1-11-10-23-16(18-11)17(2,3)19-15(20)9-12-4-5-13-14(8-12)22-7-6-21-13/h4-5,8,10H,6-7,9H2,1-3H3,(H,19,20). The Hall–Kier alpha value is -2.08. The normalized spacial score (nSPS) is 13.7. The Labute approximate surface area is 139 Å². The molecule has 122 valence electrons. The van der Waals surface area contributed by atoms with Crippen molar-refractivity contribution in [3.8, 4) is 11.5 Å². The van der Waals surface area contributed by atoms with Crippen LogP contribution in [0.4, 0.5) is 0 Å². The number of thiazole rings is 1. The fourth-order valence-electron chi connectivity index (χ4n) is 2.47. The number of fused-ring (bicyclic) bond motifs is 1. The van der Waals surface area contributed by atoms with E-state index in [1.807, 2.05) is 44.4 Å². The molecule has 0 radical (unpaired) electrons. The third kappa shape index (κ3) is 3.64. The van der Waals surface area contributed by atoms with Crippen molar-refractivity contribution < 1.29 is 14.3 Å². The molecule has 6 heteroatoms. The summed E-state index contributed by atoms with van der Waals surface area (Å²) in [5.41, 5.74) is 1.39. The number of aromatic nitrogens is 1. The highest BCUT2D eigenvalue weighted by molar-refractivity contribution is 7.09. The van der Waals surface area contributed by atoms with Crippen molar-refractivity contribution >= 4 is 17.2 Å². The molecular weight excluding hydrogens is 312 g/mol. The number of carbonyl (C=O) groups excluding carboxylic acids is 1. The first-order chi connectivity index (χ1) is 10.9. The van der Waals surface area contributed by atoms with Crippen LogP contribution in [0.25, 0.3) is 0 Å². The molecule has 23 heavy (non-hydrogen) atoms. The van der Waals surface area contributed by atoms with E-state index in [1.165, 1.54) is 0 Å². The molecule has 0 unspecified atom stereocenters. The van der Waals surface area contributed by atoms with E-state index in [1.54, 1.807) is 11.3 Å². The Morgan fingerprint density at radius 3 is 2.74 bits per heavy atom. The van der Waals surface area contributed by atoms with Crippen molar-refractivity contribution in [2.75, 3.05) is 13.2 Å². The minimum absolute atomic E-state index is 0.0421. The topological polar surface area (TPSA) is 60.5 Å². The molecule has 0 saturated heterocycles. The number of rotatable bonds is 4. The lowest BCUT2D eigenvalue weighted by Crippen LogP contribution is -2.41. The summed E-state index contributed by atoms with van der Waals surface area (Å²) in [5, 5.41) is 5.95. The molecule has 1 aromatic heterocycles. The van der Waals surface area contributed by atoms with Crippen LogP contribution in [0.1, 0.15) is 30.1 Å². The molecule has 1 aromatic carbocycles. The number of ether oxygens (including phenoxy) is 2. The predicted octanol–water partition coefficient (Wildman–Crippen LogP) is 2.82. The highest BCUT2D eigenvalue weighted by Crippen LogP contribution is 2.31. The average molecular weight is 332 g/mol. The van der Waals surface area contributed by atoms with E-state index in [0.29, 0.717) is 25.4 Å². The number of benzene rings is 1. The van der Waals surface area contributed by atoms with Gasteiger partial charge in [-0.25, -0.2) is 4.98 Å². The number of carbonyl (C=O) groups is 1. The van der Waals surface area contributed by atoms with Gasteiger partial charge in [-0.1, -0.05) is 6.07 Å². The lowest BCUT2D eigenvalue weighted by atomic mass is 10.1. The quantitative estimate of drug-likeness (QED) is 0.935. The Kier molecular flexibility index (Phi) is 4.26. The van der Waals surface area contributed by atoms with Gasteiger partial charge in [0.15, 0.2) is 11.5 Å². The highest BCUT2D eigenvalue weighted by Gasteiger charge is 2.26. The predicted molar refractivity (Wildman–Crippen MR) is 89.2 cm³/mol. The minimum Gasteiger partial charge on any atom is -0.486 e. The lowest BCUT2D eigenvalue weighted by molar-refractivity contribution is -0.122. The van der Waals surface area contributed by atoms with Crippen LogP contribution in [0.2, 0.25) is 0 Å². The van der Waals surface area contributed by atoms with Crippen LogP contribution in [0, 0.1) is 6.92 Å². The maximum atomic E-state index is 12.4. The van der Waals surface area contributed by atoms with Crippen LogP contribution in [0.5, 0.6) is 11.5 Å². The van der Waals surface area contributed by atoms with Gasteiger partial charge in [0.05, 0.1) is 12.0 Å². The Morgan fingerprint density at radius 2 is 2.04 bits per heavy atom. The molecule has 0 spiro atoms. The zero-order valence-corrected chi connectivity index (χ0v) is 14.3. The molecule has 0 aliphatic carbocycles. The smallest absolute Gasteiger partial charge is 0.225 e. The summed E-state index contributed by atoms with van der Waals surface area (Å²) in [6.07, 6.45) is 0.296. The van der Waals surface area contributed by atoms with Crippen molar-refractivity contribution in [3.63, 3.8) is 0 Å². The molecule has 2 aromatic rings. The zero-order chi connectivity index (χ0) is 16.4. The van der Waals surface area contributed by atoms with Gasteiger partial charge in [0.1, 0.15) is 18.2 Å². The molecule has 1 aliphatic heterocycles. The molecule has 2 heterocycles. The molecule has 0 atom stereocenters. The Morgan fingerprint density at radius 1 is 1.30 bits per heavy atom. The number of nitrogens with zero attached hydrogens (tertiary/aromatic N) is 1. The summed E-state index contributed by atoms with van der Waals surface area (Å²) in [5.74, 6) is 1.40. The van der Waals surface area contributed by atoms with Crippen LogP contribution in [-0.4, -0.2) is 24.1 Å². The van der Waals surface area contributed by atoms with Gasteiger partial charge >= 0.3 is 0 Å². The summed E-state index contributed by atoms with van der Waals surface area (Å²) >= 11 is 1.56. The third-order valence-electron chi connectivity index (χ3n) is 3.58. The first kappa shape index (κ1) is 15.8. The van der Waals surface area contributed by atoms with Crippen molar-refractivity contribution in [1.82, 2.24) is 10.3 Å². The SMILES string of the molecule is Cc1csc(C(C)(C)NC(=O)Cc2ccc3c(c2)OCCO3)n1. The van der Waals surface area contributed by atoms with E-state index >= 15 is 0 Å². The second-order valence-electron chi connectivity index (χ2n) is 6.12. The van der Waals surface area contributed by atoms with Gasteiger partial charge in [0.2, 0.25) is 5.91 Å². The summed E-state index contributed by atoms with van der Waals surface area (Å²) < 4.78 is 11.0. The van der Waals surface area contributed by atoms with Crippen molar-refractivity contribution in [2.24, 2.45) is 0 Å². The van der Waals surface area contributed by atoms with Gasteiger partial charge in [0, 0.05) is 11.1 Å². The van der Waals surface area contributed by atoms with Crippen molar-refractivity contribution in [3.05, 3.63) is 39.8 Å². The molecule has 5 nitrogen and oxygen atoms in total. The van der Waals surface area contributed by atoms with Crippen LogP contribution in [-0.2, 0) is 16.8 Å². The van der Waals surface area contributed by atoms with E-state index in [2.05, 4.69) is 10.3 Å². The summed E-state index contributed by atoms with van der Waals surface area (Å²) in [4.78, 5) is 16.8. The summed E-state index contributed by atoms with van der Waals surface area (Å²) in [6.45, 7) is 6.99. The number of amides is 1. The largest absolute Gasteiger partial charge is 0.486 e. The average Bonchev–Trinajstić information content (AvgIpc) is 2.94. The first-order valence-corrected chi connectivity index (χ1v) is 8.44. The second-order valence-corrected chi connectivity index (χ2v) is 6.98. The minimum atomic E-state index is -0.482. The number of hydrogen-bond donors (Lipinski definition) is 1. The van der Waals surface area contributed by atoms with E-state index in [9.17, 15) is 4.79 Å². The Bertz CT molecular complexity index is 724. The zero-order valence-electron chi connectivity index (χ0n) is 13.5. The molecule has 1 amide bonds. The number of nitrogens with one attached hydrogen (secondary N) is 1. The van der Waals surface area contributed by atoms with E-state index in [4.69, 9.17) is 9.47 Å². The fraction of sp³-hybridized carbons (Fsp3) is 0.412. The molecule has 1 aliphatic rings. The number of aryl methyl sites for hydroxylation is 1. The van der Waals surface area contributed by atoms with Gasteiger partial charge in [-0.3, -0.25) is 4.79 Å². The van der Waals surface area contributed by atoms with Crippen LogP contribution in [0.15, 0.2) is 23.6 Å². The Balaban J connectivity index is 1.67. The monoisotopic (exact) mass is 332 g/mol.